The molecule has 0 aliphatic carbocycles. The van der Waals surface area contributed by atoms with E-state index in [2.05, 4.69) is 20.2 Å². The van der Waals surface area contributed by atoms with E-state index in [1.165, 1.54) is 0 Å². The standard InChI is InChI=1S/C14H14N4/c1-3-9-10(4-2)17-18-13(9)14-15-11-7-5-6-8-12(11)16-14/h3-8,17H,1-2H3,(H,15,16). The molecule has 0 aliphatic heterocycles. The van der Waals surface area contributed by atoms with Gasteiger partial charge >= 0.3 is 0 Å². The van der Waals surface area contributed by atoms with E-state index in [0.717, 1.165) is 33.1 Å². The highest BCUT2D eigenvalue weighted by Gasteiger charge is 2.09. The van der Waals surface area contributed by atoms with Gasteiger partial charge in [-0.1, -0.05) is 24.3 Å². The summed E-state index contributed by atoms with van der Waals surface area (Å²) in [5.74, 6) is 0.800. The molecule has 2 aromatic heterocycles. The molecule has 2 N–H and O–H groups in total. The van der Waals surface area contributed by atoms with Gasteiger partial charge in [0.1, 0.15) is 5.69 Å². The first kappa shape index (κ1) is 10.8. The quantitative estimate of drug-likeness (QED) is 0.676. The molecule has 18 heavy (non-hydrogen) atoms. The van der Waals surface area contributed by atoms with Crippen LogP contribution in [0.4, 0.5) is 0 Å². The minimum absolute atomic E-state index is 0.800. The van der Waals surface area contributed by atoms with Gasteiger partial charge in [0.05, 0.1) is 16.4 Å². The van der Waals surface area contributed by atoms with E-state index in [9.17, 15) is 0 Å². The summed E-state index contributed by atoms with van der Waals surface area (Å²) in [7, 11) is 0. The van der Waals surface area contributed by atoms with E-state index < -0.39 is 0 Å². The van der Waals surface area contributed by atoms with Gasteiger partial charge in [0, 0.05) is 5.22 Å². The van der Waals surface area contributed by atoms with Crippen molar-refractivity contribution in [1.29, 1.82) is 0 Å². The number of hydrogen-bond donors (Lipinski definition) is 2. The average molecular weight is 238 g/mol. The highest BCUT2D eigenvalue weighted by atomic mass is 15.1. The van der Waals surface area contributed by atoms with E-state index in [1.807, 2.05) is 50.3 Å². The largest absolute Gasteiger partial charge is 0.337 e. The van der Waals surface area contributed by atoms with E-state index >= 15 is 0 Å². The first-order chi connectivity index (χ1) is 8.83. The second-order valence-corrected chi connectivity index (χ2v) is 4.08. The Kier molecular flexibility index (Phi) is 2.48. The van der Waals surface area contributed by atoms with Gasteiger partial charge in [-0.15, -0.1) is 0 Å². The number of H-pyrrole nitrogens is 2. The number of rotatable bonds is 1. The van der Waals surface area contributed by atoms with Gasteiger partial charge in [-0.05, 0) is 26.0 Å². The van der Waals surface area contributed by atoms with Gasteiger partial charge in [0.25, 0.3) is 0 Å². The minimum Gasteiger partial charge on any atom is -0.337 e. The third-order valence-electron chi connectivity index (χ3n) is 3.02. The summed E-state index contributed by atoms with van der Waals surface area (Å²) in [6.45, 7) is 3.99. The van der Waals surface area contributed by atoms with Crippen molar-refractivity contribution in [3.8, 4) is 11.5 Å². The molecule has 0 spiro atoms. The van der Waals surface area contributed by atoms with Crippen LogP contribution in [0.25, 0.3) is 34.7 Å². The number of imidazole rings is 1. The van der Waals surface area contributed by atoms with Crippen molar-refractivity contribution in [3.05, 3.63) is 34.8 Å². The number of nitrogens with zero attached hydrogens (tertiary/aromatic N) is 2. The van der Waals surface area contributed by atoms with Crippen molar-refractivity contribution in [2.75, 3.05) is 0 Å². The lowest BCUT2D eigenvalue weighted by Crippen LogP contribution is -2.23. The maximum absolute atomic E-state index is 4.57. The van der Waals surface area contributed by atoms with Crippen LogP contribution in [0.1, 0.15) is 13.8 Å². The van der Waals surface area contributed by atoms with Gasteiger partial charge in [-0.25, -0.2) is 4.98 Å². The van der Waals surface area contributed by atoms with Crippen LogP contribution < -0.4 is 10.6 Å². The fourth-order valence-corrected chi connectivity index (χ4v) is 2.12. The number of benzene rings is 1. The van der Waals surface area contributed by atoms with E-state index in [0.29, 0.717) is 0 Å². The third kappa shape index (κ3) is 1.54. The van der Waals surface area contributed by atoms with Crippen LogP contribution >= 0.6 is 0 Å². The van der Waals surface area contributed by atoms with Gasteiger partial charge in [-0.3, -0.25) is 5.10 Å². The Hall–Kier alpha value is -2.36. The molecular formula is C14H14N4. The Balaban J connectivity index is 2.30. The van der Waals surface area contributed by atoms with Crippen LogP contribution in [0.5, 0.6) is 0 Å². The maximum atomic E-state index is 4.57. The van der Waals surface area contributed by atoms with Crippen LogP contribution in [0.15, 0.2) is 24.3 Å². The molecule has 0 saturated heterocycles. The summed E-state index contributed by atoms with van der Waals surface area (Å²) in [4.78, 5) is 7.86. The monoisotopic (exact) mass is 238 g/mol. The molecule has 0 radical (unpaired) electrons. The van der Waals surface area contributed by atoms with Gasteiger partial charge in [-0.2, -0.15) is 5.10 Å². The van der Waals surface area contributed by atoms with Crippen LogP contribution in [0.2, 0.25) is 0 Å². The lowest BCUT2D eigenvalue weighted by molar-refractivity contribution is 1.05. The molecule has 0 unspecified atom stereocenters. The zero-order valence-corrected chi connectivity index (χ0v) is 10.4. The lowest BCUT2D eigenvalue weighted by atomic mass is 10.3. The molecule has 0 amide bonds. The summed E-state index contributed by atoms with van der Waals surface area (Å²) < 4.78 is 0. The molecule has 0 saturated carbocycles. The normalized spacial score (nSPS) is 13.7. The van der Waals surface area contributed by atoms with Crippen LogP contribution in [0.3, 0.4) is 0 Å². The fourth-order valence-electron chi connectivity index (χ4n) is 2.12. The number of fused-ring (bicyclic) bond motifs is 1. The molecule has 4 heteroatoms. The van der Waals surface area contributed by atoms with Crippen LogP contribution in [0, 0.1) is 0 Å². The van der Waals surface area contributed by atoms with Crippen molar-refractivity contribution in [3.63, 3.8) is 0 Å². The number of nitrogens with one attached hydrogen (secondary N) is 2. The Morgan fingerprint density at radius 3 is 2.67 bits per heavy atom. The molecule has 2 heterocycles. The molecule has 4 nitrogen and oxygen atoms in total. The number of aromatic nitrogens is 4. The molecule has 0 aliphatic rings. The summed E-state index contributed by atoms with van der Waals surface area (Å²) in [6.07, 6.45) is 4.05. The Bertz CT molecular complexity index is 775. The zero-order chi connectivity index (χ0) is 12.5. The Morgan fingerprint density at radius 2 is 1.94 bits per heavy atom. The van der Waals surface area contributed by atoms with Crippen molar-refractivity contribution < 1.29 is 0 Å². The topological polar surface area (TPSA) is 57.4 Å². The summed E-state index contributed by atoms with van der Waals surface area (Å²) >= 11 is 0. The summed E-state index contributed by atoms with van der Waals surface area (Å²) in [5.41, 5.74) is 2.85. The van der Waals surface area contributed by atoms with Crippen molar-refractivity contribution >= 4 is 23.2 Å². The maximum Gasteiger partial charge on any atom is 0.159 e. The predicted molar refractivity (Wildman–Crippen MR) is 73.2 cm³/mol. The molecule has 0 bridgehead atoms. The first-order valence-corrected chi connectivity index (χ1v) is 5.95. The number of para-hydroxylation sites is 2. The summed E-state index contributed by atoms with van der Waals surface area (Å²) in [5, 5.41) is 9.46. The third-order valence-corrected chi connectivity index (χ3v) is 3.02. The van der Waals surface area contributed by atoms with E-state index in [4.69, 9.17) is 0 Å². The van der Waals surface area contributed by atoms with Crippen molar-refractivity contribution in [2.45, 2.75) is 13.8 Å². The Morgan fingerprint density at radius 1 is 1.11 bits per heavy atom. The molecule has 3 aromatic rings. The van der Waals surface area contributed by atoms with Gasteiger partial charge in [0.15, 0.2) is 5.82 Å². The fraction of sp³-hybridized carbons (Fsp3) is 0.143. The molecule has 90 valence electrons. The highest BCUT2D eigenvalue weighted by molar-refractivity contribution is 5.78. The van der Waals surface area contributed by atoms with Gasteiger partial charge in [0.2, 0.25) is 0 Å². The molecular weight excluding hydrogens is 224 g/mol. The molecule has 1 aromatic carbocycles. The van der Waals surface area contributed by atoms with E-state index in [1.54, 1.807) is 0 Å². The van der Waals surface area contributed by atoms with Gasteiger partial charge < -0.3 is 4.98 Å². The minimum atomic E-state index is 0.800. The van der Waals surface area contributed by atoms with Crippen LogP contribution in [-0.2, 0) is 0 Å². The average Bonchev–Trinajstić information content (AvgIpc) is 3.00. The van der Waals surface area contributed by atoms with E-state index in [-0.39, 0.29) is 0 Å². The Labute approximate surface area is 104 Å². The molecule has 3 rings (SSSR count). The predicted octanol–water partition coefficient (Wildman–Crippen LogP) is 1.55. The van der Waals surface area contributed by atoms with Crippen molar-refractivity contribution in [1.82, 2.24) is 20.2 Å². The van der Waals surface area contributed by atoms with Crippen molar-refractivity contribution in [2.24, 2.45) is 0 Å². The number of aromatic amines is 2. The second kappa shape index (κ2) is 4.14. The lowest BCUT2D eigenvalue weighted by Gasteiger charge is -1.87. The zero-order valence-electron chi connectivity index (χ0n) is 10.4. The second-order valence-electron chi connectivity index (χ2n) is 4.08. The highest BCUT2D eigenvalue weighted by Crippen LogP contribution is 2.15. The molecule has 0 atom stereocenters. The molecule has 0 fully saturated rings. The van der Waals surface area contributed by atoms with Crippen LogP contribution in [-0.4, -0.2) is 20.2 Å². The smallest absolute Gasteiger partial charge is 0.159 e. The first-order valence-electron chi connectivity index (χ1n) is 5.95. The SMILES string of the molecule is CC=c1[nH]nc(-c2nc3ccccc3[nH]2)c1=CC. The summed E-state index contributed by atoms with van der Waals surface area (Å²) in [6, 6.07) is 7.98. The number of hydrogen-bond acceptors (Lipinski definition) is 2.